The number of rotatable bonds is 7. The summed E-state index contributed by atoms with van der Waals surface area (Å²) in [6, 6.07) is 24.7. The minimum Gasteiger partial charge on any atom is -0.489 e. The van der Waals surface area contributed by atoms with Crippen LogP contribution in [0.5, 0.6) is 5.75 Å². The summed E-state index contributed by atoms with van der Waals surface area (Å²) >= 11 is 6.04. The van der Waals surface area contributed by atoms with Crippen LogP contribution in [-0.4, -0.2) is 15.7 Å². The van der Waals surface area contributed by atoms with Crippen LogP contribution in [0, 0.1) is 6.92 Å². The fraction of sp³-hybridized carbons (Fsp3) is 0.120. The molecule has 0 aliphatic carbocycles. The minimum atomic E-state index is -0.203. The Labute approximate surface area is 186 Å². The monoisotopic (exact) mass is 431 g/mol. The molecule has 0 aliphatic heterocycles. The second kappa shape index (κ2) is 9.49. The van der Waals surface area contributed by atoms with Crippen molar-refractivity contribution in [1.82, 2.24) is 9.78 Å². The lowest BCUT2D eigenvalue weighted by molar-refractivity contribution is 0.102. The number of nitrogens with one attached hydrogen (secondary N) is 1. The molecular formula is C25H22ClN3O2. The molecule has 0 spiro atoms. The fourth-order valence-electron chi connectivity index (χ4n) is 3.10. The van der Waals surface area contributed by atoms with Crippen LogP contribution in [0.15, 0.2) is 85.1 Å². The van der Waals surface area contributed by atoms with Crippen molar-refractivity contribution in [3.05, 3.63) is 112 Å². The first kappa shape index (κ1) is 20.7. The summed E-state index contributed by atoms with van der Waals surface area (Å²) < 4.78 is 7.60. The molecule has 31 heavy (non-hydrogen) atoms. The number of amides is 1. The van der Waals surface area contributed by atoms with Crippen LogP contribution < -0.4 is 10.1 Å². The smallest absolute Gasteiger partial charge is 0.256 e. The lowest BCUT2D eigenvalue weighted by Gasteiger charge is -2.08. The maximum Gasteiger partial charge on any atom is 0.256 e. The molecule has 3 aromatic carbocycles. The molecule has 0 fully saturated rings. The van der Waals surface area contributed by atoms with E-state index in [1.165, 1.54) is 0 Å². The number of benzene rings is 3. The molecule has 5 nitrogen and oxygen atoms in total. The summed E-state index contributed by atoms with van der Waals surface area (Å²) in [6.07, 6.45) is 1.85. The number of hydrogen-bond acceptors (Lipinski definition) is 3. The summed E-state index contributed by atoms with van der Waals surface area (Å²) in [4.78, 5) is 12.5. The first-order valence-electron chi connectivity index (χ1n) is 9.93. The van der Waals surface area contributed by atoms with E-state index in [0.29, 0.717) is 29.6 Å². The van der Waals surface area contributed by atoms with Gasteiger partial charge in [-0.15, -0.1) is 0 Å². The van der Waals surface area contributed by atoms with Gasteiger partial charge < -0.3 is 10.1 Å². The highest BCUT2D eigenvalue weighted by atomic mass is 35.5. The lowest BCUT2D eigenvalue weighted by atomic mass is 10.1. The molecule has 4 aromatic rings. The van der Waals surface area contributed by atoms with E-state index in [4.69, 9.17) is 16.3 Å². The second-order valence-corrected chi connectivity index (χ2v) is 7.64. The third-order valence-electron chi connectivity index (χ3n) is 4.82. The van der Waals surface area contributed by atoms with E-state index in [-0.39, 0.29) is 5.91 Å². The van der Waals surface area contributed by atoms with E-state index >= 15 is 0 Å². The number of nitrogens with zero attached hydrogens (tertiary/aromatic N) is 2. The molecule has 0 atom stereocenters. The van der Waals surface area contributed by atoms with Gasteiger partial charge in [0.2, 0.25) is 0 Å². The molecule has 156 valence electrons. The normalized spacial score (nSPS) is 10.6. The molecule has 0 aliphatic rings. The maximum absolute atomic E-state index is 12.5. The summed E-state index contributed by atoms with van der Waals surface area (Å²) in [5.74, 6) is 1.08. The Morgan fingerprint density at radius 2 is 1.77 bits per heavy atom. The Hall–Kier alpha value is -3.57. The van der Waals surface area contributed by atoms with Gasteiger partial charge in [-0.25, -0.2) is 0 Å². The Balaban J connectivity index is 1.32. The number of anilines is 1. The molecule has 1 aromatic heterocycles. The molecule has 4 rings (SSSR count). The van der Waals surface area contributed by atoms with Crippen LogP contribution >= 0.6 is 11.6 Å². The zero-order valence-corrected chi connectivity index (χ0v) is 17.8. The second-order valence-electron chi connectivity index (χ2n) is 7.23. The van der Waals surface area contributed by atoms with Gasteiger partial charge in [-0.1, -0.05) is 54.1 Å². The van der Waals surface area contributed by atoms with Crippen molar-refractivity contribution < 1.29 is 9.53 Å². The van der Waals surface area contributed by atoms with E-state index in [1.54, 1.807) is 22.9 Å². The van der Waals surface area contributed by atoms with Gasteiger partial charge in [0.05, 0.1) is 6.54 Å². The van der Waals surface area contributed by atoms with Crippen LogP contribution in [0.4, 0.5) is 5.82 Å². The molecule has 0 bridgehead atoms. The van der Waals surface area contributed by atoms with Gasteiger partial charge in [0.15, 0.2) is 5.82 Å². The molecule has 6 heteroatoms. The van der Waals surface area contributed by atoms with Gasteiger partial charge in [-0.05, 0) is 53.9 Å². The molecule has 0 radical (unpaired) electrons. The predicted molar refractivity (Wildman–Crippen MR) is 123 cm³/mol. The Morgan fingerprint density at radius 3 is 2.52 bits per heavy atom. The van der Waals surface area contributed by atoms with Gasteiger partial charge in [0, 0.05) is 22.8 Å². The van der Waals surface area contributed by atoms with Crippen LogP contribution in [0.3, 0.4) is 0 Å². The third kappa shape index (κ3) is 5.53. The summed E-state index contributed by atoms with van der Waals surface area (Å²) in [7, 11) is 0. The van der Waals surface area contributed by atoms with E-state index in [0.717, 1.165) is 22.4 Å². The first-order chi connectivity index (χ1) is 15.1. The quantitative estimate of drug-likeness (QED) is 0.407. The van der Waals surface area contributed by atoms with E-state index in [1.807, 2.05) is 73.8 Å². The van der Waals surface area contributed by atoms with Crippen molar-refractivity contribution in [2.24, 2.45) is 0 Å². The standard InChI is InChI=1S/C25H22ClN3O2/c1-18-15-22(11-12-23(18)26)31-17-20-7-9-21(10-8-20)25(30)27-24-13-14-29(28-24)16-19-5-3-2-4-6-19/h2-15H,16-17H2,1H3,(H,27,28,30). The molecule has 0 unspecified atom stereocenters. The Kier molecular flexibility index (Phi) is 6.34. The SMILES string of the molecule is Cc1cc(OCc2ccc(C(=O)Nc3ccn(Cc4ccccc4)n3)cc2)ccc1Cl. The largest absolute Gasteiger partial charge is 0.489 e. The zero-order chi connectivity index (χ0) is 21.6. The average molecular weight is 432 g/mol. The summed E-state index contributed by atoms with van der Waals surface area (Å²) in [6.45, 7) is 3.00. The number of carbonyl (C=O) groups is 1. The van der Waals surface area contributed by atoms with Gasteiger partial charge in [-0.3, -0.25) is 9.48 Å². The van der Waals surface area contributed by atoms with Gasteiger partial charge in [0.1, 0.15) is 12.4 Å². The van der Waals surface area contributed by atoms with Crippen LogP contribution in [0.25, 0.3) is 0 Å². The van der Waals surface area contributed by atoms with Gasteiger partial charge >= 0.3 is 0 Å². The minimum absolute atomic E-state index is 0.203. The molecule has 1 heterocycles. The van der Waals surface area contributed by atoms with Crippen LogP contribution in [0.1, 0.15) is 27.0 Å². The summed E-state index contributed by atoms with van der Waals surface area (Å²) in [5.41, 5.74) is 3.65. The number of aromatic nitrogens is 2. The molecule has 0 saturated heterocycles. The maximum atomic E-state index is 12.5. The Morgan fingerprint density at radius 1 is 1.00 bits per heavy atom. The Bertz CT molecular complexity index is 1170. The number of halogens is 1. The van der Waals surface area contributed by atoms with Gasteiger partial charge in [-0.2, -0.15) is 5.10 Å². The molecule has 1 N–H and O–H groups in total. The molecule has 0 saturated carbocycles. The summed E-state index contributed by atoms with van der Waals surface area (Å²) in [5, 5.41) is 7.97. The number of hydrogen-bond donors (Lipinski definition) is 1. The van der Waals surface area contributed by atoms with E-state index in [9.17, 15) is 4.79 Å². The third-order valence-corrected chi connectivity index (χ3v) is 5.24. The topological polar surface area (TPSA) is 56.1 Å². The average Bonchev–Trinajstić information content (AvgIpc) is 3.22. The van der Waals surface area contributed by atoms with Crippen molar-refractivity contribution in [3.63, 3.8) is 0 Å². The highest BCUT2D eigenvalue weighted by Crippen LogP contribution is 2.22. The molecule has 1 amide bonds. The van der Waals surface area contributed by atoms with Crippen LogP contribution in [-0.2, 0) is 13.2 Å². The van der Waals surface area contributed by atoms with Crippen molar-refractivity contribution in [2.75, 3.05) is 5.32 Å². The van der Waals surface area contributed by atoms with Crippen molar-refractivity contribution in [1.29, 1.82) is 0 Å². The number of carbonyl (C=O) groups excluding carboxylic acids is 1. The number of aryl methyl sites for hydroxylation is 1. The van der Waals surface area contributed by atoms with Crippen molar-refractivity contribution >= 4 is 23.3 Å². The van der Waals surface area contributed by atoms with E-state index < -0.39 is 0 Å². The first-order valence-corrected chi connectivity index (χ1v) is 10.3. The van der Waals surface area contributed by atoms with Crippen molar-refractivity contribution in [3.8, 4) is 5.75 Å². The number of ether oxygens (including phenoxy) is 1. The lowest BCUT2D eigenvalue weighted by Crippen LogP contribution is -2.13. The van der Waals surface area contributed by atoms with Gasteiger partial charge in [0.25, 0.3) is 5.91 Å². The highest BCUT2D eigenvalue weighted by Gasteiger charge is 2.09. The zero-order valence-electron chi connectivity index (χ0n) is 17.1. The van der Waals surface area contributed by atoms with Crippen molar-refractivity contribution in [2.45, 2.75) is 20.1 Å². The van der Waals surface area contributed by atoms with E-state index in [2.05, 4.69) is 10.4 Å². The molecular weight excluding hydrogens is 410 g/mol. The van der Waals surface area contributed by atoms with Crippen LogP contribution in [0.2, 0.25) is 5.02 Å². The fourth-order valence-corrected chi connectivity index (χ4v) is 3.22. The predicted octanol–water partition coefficient (Wildman–Crippen LogP) is 5.72. The highest BCUT2D eigenvalue weighted by molar-refractivity contribution is 6.31.